The van der Waals surface area contributed by atoms with Crippen molar-refractivity contribution in [2.24, 2.45) is 5.73 Å². The van der Waals surface area contributed by atoms with E-state index in [1.54, 1.807) is 0 Å². The minimum absolute atomic E-state index is 0.222. The molecule has 1 heterocycles. The molecule has 1 aliphatic heterocycles. The molecule has 2 unspecified atom stereocenters. The molecule has 0 bridgehead atoms. The van der Waals surface area contributed by atoms with Crippen molar-refractivity contribution in [3.8, 4) is 0 Å². The Labute approximate surface area is 86.5 Å². The lowest BCUT2D eigenvalue weighted by Gasteiger charge is -2.17. The zero-order valence-corrected chi connectivity index (χ0v) is 9.29. The van der Waals surface area contributed by atoms with Crippen molar-refractivity contribution in [1.29, 1.82) is 0 Å². The molecule has 1 saturated heterocycles. The maximum absolute atomic E-state index is 11.1. The number of carbonyl (C=O) groups is 1. The minimum Gasteiger partial charge on any atom is -0.468 e. The van der Waals surface area contributed by atoms with E-state index in [4.69, 9.17) is 5.73 Å². The number of methoxy groups -OCH3 is 1. The molecule has 0 amide bonds. The van der Waals surface area contributed by atoms with Gasteiger partial charge >= 0.3 is 5.97 Å². The monoisotopic (exact) mass is 250 g/mol. The summed E-state index contributed by atoms with van der Waals surface area (Å²) in [6.45, 7) is 2.53. The minimum atomic E-state index is -0.234. The van der Waals surface area contributed by atoms with Crippen molar-refractivity contribution in [1.82, 2.24) is 4.90 Å². The summed E-state index contributed by atoms with van der Waals surface area (Å²) in [5.41, 5.74) is 5.74. The average molecular weight is 251 g/mol. The van der Waals surface area contributed by atoms with E-state index in [0.717, 1.165) is 19.5 Å². The first kappa shape index (κ1) is 10.9. The standard InChI is InChI=1S/C8H15BrN2O2/c1-13-8(12)7(9)5-11-3-2-6(10)4-11/h6-7H,2-5,10H2,1H3. The highest BCUT2D eigenvalue weighted by Gasteiger charge is 2.24. The highest BCUT2D eigenvalue weighted by Crippen LogP contribution is 2.11. The summed E-state index contributed by atoms with van der Waals surface area (Å²) < 4.78 is 4.61. The number of nitrogens with zero attached hydrogens (tertiary/aromatic N) is 1. The van der Waals surface area contributed by atoms with Gasteiger partial charge in [0.15, 0.2) is 0 Å². The Hall–Kier alpha value is -0.130. The number of rotatable bonds is 3. The third-order valence-electron chi connectivity index (χ3n) is 2.18. The second-order valence-electron chi connectivity index (χ2n) is 3.30. The topological polar surface area (TPSA) is 55.6 Å². The molecule has 0 aromatic heterocycles. The van der Waals surface area contributed by atoms with Crippen LogP contribution in [0.1, 0.15) is 6.42 Å². The van der Waals surface area contributed by atoms with Gasteiger partial charge in [0.1, 0.15) is 4.83 Å². The Bertz CT molecular complexity index is 189. The van der Waals surface area contributed by atoms with E-state index in [-0.39, 0.29) is 16.8 Å². The van der Waals surface area contributed by atoms with E-state index in [0.29, 0.717) is 6.54 Å². The van der Waals surface area contributed by atoms with Crippen molar-refractivity contribution >= 4 is 21.9 Å². The SMILES string of the molecule is COC(=O)C(Br)CN1CCC(N)C1. The molecule has 1 rings (SSSR count). The molecule has 1 fully saturated rings. The molecule has 0 aromatic carbocycles. The molecule has 0 aliphatic carbocycles. The molecule has 76 valence electrons. The molecular formula is C8H15BrN2O2. The Morgan fingerprint density at radius 1 is 1.85 bits per heavy atom. The van der Waals surface area contributed by atoms with Gasteiger partial charge in [0.2, 0.25) is 0 Å². The summed E-state index contributed by atoms with van der Waals surface area (Å²) in [7, 11) is 1.40. The lowest BCUT2D eigenvalue weighted by atomic mass is 10.3. The lowest BCUT2D eigenvalue weighted by Crippen LogP contribution is -2.34. The molecule has 0 radical (unpaired) electrons. The fraction of sp³-hybridized carbons (Fsp3) is 0.875. The molecule has 5 heteroatoms. The van der Waals surface area contributed by atoms with Gasteiger partial charge in [-0.1, -0.05) is 15.9 Å². The maximum Gasteiger partial charge on any atom is 0.320 e. The summed E-state index contributed by atoms with van der Waals surface area (Å²) in [6, 6.07) is 0.261. The molecular weight excluding hydrogens is 236 g/mol. The van der Waals surface area contributed by atoms with Gasteiger partial charge in [-0.15, -0.1) is 0 Å². The van der Waals surface area contributed by atoms with Crippen LogP contribution in [0.25, 0.3) is 0 Å². The zero-order chi connectivity index (χ0) is 9.84. The van der Waals surface area contributed by atoms with Gasteiger partial charge in [-0.25, -0.2) is 0 Å². The summed E-state index contributed by atoms with van der Waals surface area (Å²) in [6.07, 6.45) is 1.01. The molecule has 0 spiro atoms. The van der Waals surface area contributed by atoms with Gasteiger partial charge in [0, 0.05) is 19.1 Å². The summed E-state index contributed by atoms with van der Waals surface area (Å²) in [5.74, 6) is -0.222. The largest absolute Gasteiger partial charge is 0.468 e. The van der Waals surface area contributed by atoms with Crippen LogP contribution < -0.4 is 5.73 Å². The van der Waals surface area contributed by atoms with Crippen LogP contribution in [0, 0.1) is 0 Å². The number of halogens is 1. The number of alkyl halides is 1. The number of ether oxygens (including phenoxy) is 1. The van der Waals surface area contributed by atoms with Gasteiger partial charge < -0.3 is 15.4 Å². The van der Waals surface area contributed by atoms with Crippen molar-refractivity contribution in [3.05, 3.63) is 0 Å². The maximum atomic E-state index is 11.1. The summed E-state index contributed by atoms with van der Waals surface area (Å²) in [5, 5.41) is 0. The third-order valence-corrected chi connectivity index (χ3v) is 2.85. The molecule has 0 saturated carbocycles. The Kier molecular flexibility index (Phi) is 4.15. The van der Waals surface area contributed by atoms with E-state index in [2.05, 4.69) is 25.6 Å². The van der Waals surface area contributed by atoms with Crippen molar-refractivity contribution in [2.75, 3.05) is 26.7 Å². The van der Waals surface area contributed by atoms with Crippen LogP contribution in [0.3, 0.4) is 0 Å². The van der Waals surface area contributed by atoms with E-state index in [1.807, 2.05) is 0 Å². The first-order valence-corrected chi connectivity index (χ1v) is 5.25. The van der Waals surface area contributed by atoms with Gasteiger partial charge in [-0.3, -0.25) is 4.79 Å². The molecule has 0 aromatic rings. The van der Waals surface area contributed by atoms with Crippen LogP contribution in [0.2, 0.25) is 0 Å². The number of esters is 1. The molecule has 13 heavy (non-hydrogen) atoms. The van der Waals surface area contributed by atoms with E-state index < -0.39 is 0 Å². The summed E-state index contributed by atoms with van der Waals surface area (Å²) in [4.78, 5) is 13.0. The van der Waals surface area contributed by atoms with Gasteiger partial charge in [0.25, 0.3) is 0 Å². The van der Waals surface area contributed by atoms with Crippen LogP contribution >= 0.6 is 15.9 Å². The first-order chi connectivity index (χ1) is 6.13. The summed E-state index contributed by atoms with van der Waals surface area (Å²) >= 11 is 3.28. The molecule has 2 atom stereocenters. The van der Waals surface area contributed by atoms with Crippen molar-refractivity contribution in [2.45, 2.75) is 17.3 Å². The zero-order valence-electron chi connectivity index (χ0n) is 7.70. The van der Waals surface area contributed by atoms with Crippen LogP contribution in [0.5, 0.6) is 0 Å². The highest BCUT2D eigenvalue weighted by molar-refractivity contribution is 9.10. The van der Waals surface area contributed by atoms with E-state index in [9.17, 15) is 4.79 Å². The smallest absolute Gasteiger partial charge is 0.320 e. The van der Waals surface area contributed by atoms with E-state index >= 15 is 0 Å². The lowest BCUT2D eigenvalue weighted by molar-refractivity contribution is -0.140. The van der Waals surface area contributed by atoms with Gasteiger partial charge in [-0.2, -0.15) is 0 Å². The first-order valence-electron chi connectivity index (χ1n) is 4.33. The predicted octanol–water partition coefficient (Wildman–Crippen LogP) is -0.0441. The predicted molar refractivity (Wildman–Crippen MR) is 53.8 cm³/mol. The van der Waals surface area contributed by atoms with Crippen LogP contribution in [0.15, 0.2) is 0 Å². The van der Waals surface area contributed by atoms with Crippen LogP contribution in [-0.2, 0) is 9.53 Å². The molecule has 1 aliphatic rings. The van der Waals surface area contributed by atoms with Crippen molar-refractivity contribution < 1.29 is 9.53 Å². The second kappa shape index (κ2) is 4.93. The normalized spacial score (nSPS) is 25.9. The number of hydrogen-bond acceptors (Lipinski definition) is 4. The van der Waals surface area contributed by atoms with Gasteiger partial charge in [0.05, 0.1) is 7.11 Å². The Balaban J connectivity index is 2.28. The quantitative estimate of drug-likeness (QED) is 0.564. The Morgan fingerprint density at radius 2 is 2.54 bits per heavy atom. The van der Waals surface area contributed by atoms with Crippen LogP contribution in [0.4, 0.5) is 0 Å². The average Bonchev–Trinajstić information content (AvgIpc) is 2.49. The van der Waals surface area contributed by atoms with E-state index in [1.165, 1.54) is 7.11 Å². The molecule has 4 nitrogen and oxygen atoms in total. The highest BCUT2D eigenvalue weighted by atomic mass is 79.9. The van der Waals surface area contributed by atoms with Crippen molar-refractivity contribution in [3.63, 3.8) is 0 Å². The molecule has 2 N–H and O–H groups in total. The number of likely N-dealkylation sites (tertiary alicyclic amines) is 1. The fourth-order valence-electron chi connectivity index (χ4n) is 1.46. The fourth-order valence-corrected chi connectivity index (χ4v) is 2.05. The second-order valence-corrected chi connectivity index (χ2v) is 4.40. The van der Waals surface area contributed by atoms with Crippen LogP contribution in [-0.4, -0.2) is 48.5 Å². The van der Waals surface area contributed by atoms with Gasteiger partial charge in [-0.05, 0) is 13.0 Å². The number of carbonyl (C=O) groups excluding carboxylic acids is 1. The number of nitrogens with two attached hydrogens (primary N) is 1. The third kappa shape index (κ3) is 3.25. The Morgan fingerprint density at radius 3 is 3.00 bits per heavy atom. The number of hydrogen-bond donors (Lipinski definition) is 1.